The topological polar surface area (TPSA) is 107 Å². The van der Waals surface area contributed by atoms with E-state index in [0.717, 1.165) is 5.69 Å². The number of furan rings is 1. The van der Waals surface area contributed by atoms with Gasteiger partial charge in [0.25, 0.3) is 5.91 Å². The predicted molar refractivity (Wildman–Crippen MR) is 73.4 cm³/mol. The lowest BCUT2D eigenvalue weighted by Crippen LogP contribution is -2.11. The third-order valence-electron chi connectivity index (χ3n) is 2.84. The summed E-state index contributed by atoms with van der Waals surface area (Å²) in [4.78, 5) is 15.7. The van der Waals surface area contributed by atoms with E-state index in [4.69, 9.17) is 14.9 Å². The van der Waals surface area contributed by atoms with Gasteiger partial charge in [0.15, 0.2) is 5.75 Å². The van der Waals surface area contributed by atoms with Gasteiger partial charge in [0, 0.05) is 12.4 Å². The summed E-state index contributed by atoms with van der Waals surface area (Å²) >= 11 is 0. The first kappa shape index (κ1) is 12.9. The van der Waals surface area contributed by atoms with Crippen molar-refractivity contribution >= 4 is 5.91 Å². The Bertz CT molecular complexity index is 735. The number of nitrogens with two attached hydrogens (primary N) is 1. The molecule has 0 saturated carbocycles. The summed E-state index contributed by atoms with van der Waals surface area (Å²) in [5.74, 6) is -0.252. The van der Waals surface area contributed by atoms with Crippen LogP contribution in [-0.2, 0) is 6.61 Å². The summed E-state index contributed by atoms with van der Waals surface area (Å²) in [5, 5.41) is 6.62. The fourth-order valence-corrected chi connectivity index (χ4v) is 1.90. The maximum Gasteiger partial charge on any atom is 0.285 e. The molecule has 106 valence electrons. The van der Waals surface area contributed by atoms with Crippen LogP contribution in [0.2, 0.25) is 0 Å². The molecule has 0 unspecified atom stereocenters. The maximum atomic E-state index is 11.5. The minimum Gasteiger partial charge on any atom is -0.483 e. The summed E-state index contributed by atoms with van der Waals surface area (Å²) in [7, 11) is 0. The van der Waals surface area contributed by atoms with Crippen molar-refractivity contribution in [1.29, 1.82) is 0 Å². The molecule has 3 rings (SSSR count). The number of H-pyrrole nitrogens is 1. The number of hydrogen-bond acceptors (Lipinski definition) is 5. The van der Waals surface area contributed by atoms with Crippen molar-refractivity contribution in [2.24, 2.45) is 5.73 Å². The molecule has 3 aromatic heterocycles. The molecule has 0 aromatic carbocycles. The van der Waals surface area contributed by atoms with Gasteiger partial charge in [-0.25, -0.2) is 0 Å². The number of aromatic nitrogens is 3. The van der Waals surface area contributed by atoms with Crippen LogP contribution in [0.4, 0.5) is 0 Å². The third kappa shape index (κ3) is 2.62. The van der Waals surface area contributed by atoms with Gasteiger partial charge in [-0.2, -0.15) is 5.10 Å². The van der Waals surface area contributed by atoms with Gasteiger partial charge in [0.1, 0.15) is 12.9 Å². The van der Waals surface area contributed by atoms with E-state index in [-0.39, 0.29) is 12.4 Å². The molecule has 0 spiro atoms. The Morgan fingerprint density at radius 3 is 2.90 bits per heavy atom. The Balaban J connectivity index is 1.95. The zero-order valence-electron chi connectivity index (χ0n) is 10.9. The predicted octanol–water partition coefficient (Wildman–Crippen LogP) is 1.74. The van der Waals surface area contributed by atoms with Crippen LogP contribution in [0.25, 0.3) is 11.3 Å². The average Bonchev–Trinajstić information content (AvgIpc) is 3.15. The van der Waals surface area contributed by atoms with E-state index in [0.29, 0.717) is 17.0 Å². The number of amides is 1. The number of pyridine rings is 1. The molecule has 7 nitrogen and oxygen atoms in total. The SMILES string of the molecule is NC(=O)c1occ(OCc2ccn[nH]2)c1-c1ccccn1. The normalized spacial score (nSPS) is 10.5. The Morgan fingerprint density at radius 2 is 2.24 bits per heavy atom. The molecule has 3 aromatic rings. The highest BCUT2D eigenvalue weighted by Gasteiger charge is 2.21. The molecule has 0 radical (unpaired) electrons. The van der Waals surface area contributed by atoms with Gasteiger partial charge >= 0.3 is 0 Å². The van der Waals surface area contributed by atoms with Gasteiger partial charge in [0.2, 0.25) is 5.76 Å². The van der Waals surface area contributed by atoms with E-state index >= 15 is 0 Å². The van der Waals surface area contributed by atoms with E-state index in [1.54, 1.807) is 36.7 Å². The number of aromatic amines is 1. The van der Waals surface area contributed by atoms with Gasteiger partial charge in [-0.05, 0) is 18.2 Å². The summed E-state index contributed by atoms with van der Waals surface area (Å²) in [6.07, 6.45) is 4.59. The van der Waals surface area contributed by atoms with Crippen LogP contribution in [0, 0.1) is 0 Å². The molecule has 0 atom stereocenters. The number of nitrogens with zero attached hydrogens (tertiary/aromatic N) is 2. The fraction of sp³-hybridized carbons (Fsp3) is 0.0714. The average molecular weight is 284 g/mol. The van der Waals surface area contributed by atoms with Gasteiger partial charge < -0.3 is 14.9 Å². The Hall–Kier alpha value is -3.09. The minimum absolute atomic E-state index is 0.0216. The Labute approximate surface area is 119 Å². The second-order valence-electron chi connectivity index (χ2n) is 4.25. The number of carbonyl (C=O) groups is 1. The molecule has 0 saturated heterocycles. The molecule has 1 amide bonds. The summed E-state index contributed by atoms with van der Waals surface area (Å²) in [5.41, 5.74) is 7.12. The standard InChI is InChI=1S/C14H12N4O3/c15-14(19)13-12(10-3-1-2-5-16-10)11(8-21-13)20-7-9-4-6-17-18-9/h1-6,8H,7H2,(H2,15,19)(H,17,18). The van der Waals surface area contributed by atoms with Gasteiger partial charge in [-0.15, -0.1) is 0 Å². The molecular weight excluding hydrogens is 272 g/mol. The third-order valence-corrected chi connectivity index (χ3v) is 2.84. The van der Waals surface area contributed by atoms with Crippen molar-refractivity contribution in [2.45, 2.75) is 6.61 Å². The van der Waals surface area contributed by atoms with Crippen LogP contribution in [0.15, 0.2) is 47.3 Å². The molecule has 0 aliphatic rings. The molecular formula is C14H12N4O3. The highest BCUT2D eigenvalue weighted by atomic mass is 16.5. The summed E-state index contributed by atoms with van der Waals surface area (Å²) < 4.78 is 10.9. The van der Waals surface area contributed by atoms with Crippen molar-refractivity contribution < 1.29 is 13.9 Å². The van der Waals surface area contributed by atoms with Crippen LogP contribution >= 0.6 is 0 Å². The summed E-state index contributed by atoms with van der Waals surface area (Å²) in [6, 6.07) is 7.12. The second kappa shape index (κ2) is 5.49. The van der Waals surface area contributed by atoms with E-state index < -0.39 is 5.91 Å². The van der Waals surface area contributed by atoms with E-state index in [2.05, 4.69) is 15.2 Å². The van der Waals surface area contributed by atoms with Crippen LogP contribution < -0.4 is 10.5 Å². The largest absolute Gasteiger partial charge is 0.483 e. The molecule has 7 heteroatoms. The fourth-order valence-electron chi connectivity index (χ4n) is 1.90. The molecule has 0 bridgehead atoms. The lowest BCUT2D eigenvalue weighted by atomic mass is 10.1. The minimum atomic E-state index is -0.674. The number of ether oxygens (including phenoxy) is 1. The first-order valence-electron chi connectivity index (χ1n) is 6.19. The number of hydrogen-bond donors (Lipinski definition) is 2. The van der Waals surface area contributed by atoms with Crippen molar-refractivity contribution in [1.82, 2.24) is 15.2 Å². The molecule has 3 heterocycles. The smallest absolute Gasteiger partial charge is 0.285 e. The quantitative estimate of drug-likeness (QED) is 0.742. The zero-order valence-corrected chi connectivity index (χ0v) is 10.9. The van der Waals surface area contributed by atoms with Crippen molar-refractivity contribution in [3.63, 3.8) is 0 Å². The number of rotatable bonds is 5. The van der Waals surface area contributed by atoms with Crippen LogP contribution in [0.1, 0.15) is 16.2 Å². The van der Waals surface area contributed by atoms with Gasteiger partial charge in [-0.3, -0.25) is 14.9 Å². The van der Waals surface area contributed by atoms with Crippen molar-refractivity contribution in [3.05, 3.63) is 54.4 Å². The van der Waals surface area contributed by atoms with Crippen LogP contribution in [0.3, 0.4) is 0 Å². The van der Waals surface area contributed by atoms with Crippen molar-refractivity contribution in [3.8, 4) is 17.0 Å². The maximum absolute atomic E-state index is 11.5. The lowest BCUT2D eigenvalue weighted by Gasteiger charge is -2.05. The first-order chi connectivity index (χ1) is 10.3. The first-order valence-corrected chi connectivity index (χ1v) is 6.19. The number of carbonyl (C=O) groups excluding carboxylic acids is 1. The molecule has 0 fully saturated rings. The van der Waals surface area contributed by atoms with E-state index in [9.17, 15) is 4.79 Å². The Kier molecular flexibility index (Phi) is 3.38. The van der Waals surface area contributed by atoms with Gasteiger partial charge in [0.05, 0.1) is 17.0 Å². The van der Waals surface area contributed by atoms with Crippen molar-refractivity contribution in [2.75, 3.05) is 0 Å². The number of nitrogens with one attached hydrogen (secondary N) is 1. The highest BCUT2D eigenvalue weighted by molar-refractivity contribution is 5.98. The zero-order chi connectivity index (χ0) is 14.7. The highest BCUT2D eigenvalue weighted by Crippen LogP contribution is 2.34. The second-order valence-corrected chi connectivity index (χ2v) is 4.25. The van der Waals surface area contributed by atoms with Crippen LogP contribution in [-0.4, -0.2) is 21.1 Å². The summed E-state index contributed by atoms with van der Waals surface area (Å²) in [6.45, 7) is 0.261. The lowest BCUT2D eigenvalue weighted by molar-refractivity contribution is 0.0974. The van der Waals surface area contributed by atoms with Gasteiger partial charge in [-0.1, -0.05) is 6.07 Å². The molecule has 0 aliphatic carbocycles. The Morgan fingerprint density at radius 1 is 1.33 bits per heavy atom. The molecule has 3 N–H and O–H groups in total. The van der Waals surface area contributed by atoms with Crippen LogP contribution in [0.5, 0.6) is 5.75 Å². The van der Waals surface area contributed by atoms with E-state index in [1.807, 2.05) is 0 Å². The van der Waals surface area contributed by atoms with E-state index in [1.165, 1.54) is 6.26 Å². The number of primary amides is 1. The molecule has 21 heavy (non-hydrogen) atoms. The monoisotopic (exact) mass is 284 g/mol. The molecule has 0 aliphatic heterocycles.